The number of methoxy groups -OCH3 is 1. The number of rotatable bonds is 3. The van der Waals surface area contributed by atoms with Crippen LogP contribution in [0.3, 0.4) is 0 Å². The highest BCUT2D eigenvalue weighted by Crippen LogP contribution is 2.46. The summed E-state index contributed by atoms with van der Waals surface area (Å²) in [4.78, 5) is 0. The number of phenols is 1. The normalized spacial score (nSPS) is 18.1. The van der Waals surface area contributed by atoms with Crippen molar-refractivity contribution in [1.29, 1.82) is 0 Å². The quantitative estimate of drug-likeness (QED) is 0.705. The lowest BCUT2D eigenvalue weighted by Crippen LogP contribution is -2.33. The summed E-state index contributed by atoms with van der Waals surface area (Å²) < 4.78 is 5.09. The van der Waals surface area contributed by atoms with Gasteiger partial charge in [0.2, 0.25) is 0 Å². The molecule has 0 fully saturated rings. The first-order chi connectivity index (χ1) is 11.7. The van der Waals surface area contributed by atoms with Crippen molar-refractivity contribution in [2.45, 2.75) is 51.4 Å². The fourth-order valence-corrected chi connectivity index (χ4v) is 3.71. The molecule has 0 amide bonds. The highest BCUT2D eigenvalue weighted by Gasteiger charge is 2.36. The number of hydrogen-bond donors (Lipinski definition) is 1. The van der Waals surface area contributed by atoms with Gasteiger partial charge in [0.05, 0.1) is 7.11 Å². The lowest BCUT2D eigenvalue weighted by molar-refractivity contribution is 0.332. The summed E-state index contributed by atoms with van der Waals surface area (Å²) in [5, 5.41) is 9.91. The van der Waals surface area contributed by atoms with Crippen LogP contribution < -0.4 is 4.74 Å². The molecular formula is C23H28O2. The summed E-state index contributed by atoms with van der Waals surface area (Å²) in [7, 11) is 1.56. The molecule has 2 aromatic carbocycles. The van der Waals surface area contributed by atoms with E-state index in [0.29, 0.717) is 5.75 Å². The SMILES string of the molecule is COc1ccc(/C=C/c2ccc3c(c2)C(C)(C)CCC3(C)C)cc1O. The number of fused-ring (bicyclic) bond motifs is 1. The van der Waals surface area contributed by atoms with Crippen LogP contribution in [0.4, 0.5) is 0 Å². The maximum Gasteiger partial charge on any atom is 0.160 e. The molecule has 0 saturated carbocycles. The average molecular weight is 336 g/mol. The van der Waals surface area contributed by atoms with Crippen molar-refractivity contribution in [2.24, 2.45) is 0 Å². The Kier molecular flexibility index (Phi) is 4.40. The van der Waals surface area contributed by atoms with E-state index in [9.17, 15) is 5.11 Å². The number of ether oxygens (including phenoxy) is 1. The number of benzene rings is 2. The van der Waals surface area contributed by atoms with Crippen molar-refractivity contribution in [1.82, 2.24) is 0 Å². The topological polar surface area (TPSA) is 29.5 Å². The second-order valence-corrected chi connectivity index (χ2v) is 8.34. The molecule has 1 aliphatic rings. The molecule has 1 N–H and O–H groups in total. The zero-order chi connectivity index (χ0) is 18.2. The largest absolute Gasteiger partial charge is 0.504 e. The van der Waals surface area contributed by atoms with Crippen LogP contribution >= 0.6 is 0 Å². The fourth-order valence-electron chi connectivity index (χ4n) is 3.71. The van der Waals surface area contributed by atoms with Gasteiger partial charge in [-0.3, -0.25) is 0 Å². The van der Waals surface area contributed by atoms with Gasteiger partial charge in [0, 0.05) is 0 Å². The summed E-state index contributed by atoms with van der Waals surface area (Å²) >= 11 is 0. The van der Waals surface area contributed by atoms with Crippen LogP contribution in [0.5, 0.6) is 11.5 Å². The molecule has 0 spiro atoms. The van der Waals surface area contributed by atoms with Crippen molar-refractivity contribution in [3.05, 3.63) is 58.7 Å². The summed E-state index contributed by atoms with van der Waals surface area (Å²) in [6.45, 7) is 9.37. The molecule has 132 valence electrons. The van der Waals surface area contributed by atoms with E-state index < -0.39 is 0 Å². The van der Waals surface area contributed by atoms with E-state index in [1.165, 1.54) is 29.5 Å². The van der Waals surface area contributed by atoms with Gasteiger partial charge in [-0.15, -0.1) is 0 Å². The molecular weight excluding hydrogens is 308 g/mol. The Balaban J connectivity index is 1.93. The van der Waals surface area contributed by atoms with E-state index in [1.54, 1.807) is 19.2 Å². The number of hydrogen-bond acceptors (Lipinski definition) is 2. The van der Waals surface area contributed by atoms with Crippen molar-refractivity contribution in [3.8, 4) is 11.5 Å². The highest BCUT2D eigenvalue weighted by molar-refractivity contribution is 5.71. The summed E-state index contributed by atoms with van der Waals surface area (Å²) in [6, 6.07) is 12.3. The van der Waals surface area contributed by atoms with Gasteiger partial charge >= 0.3 is 0 Å². The monoisotopic (exact) mass is 336 g/mol. The van der Waals surface area contributed by atoms with Crippen molar-refractivity contribution in [3.63, 3.8) is 0 Å². The Hall–Kier alpha value is -2.22. The lowest BCUT2D eigenvalue weighted by atomic mass is 9.63. The number of phenolic OH excluding ortho intramolecular Hbond substituents is 1. The van der Waals surface area contributed by atoms with Crippen LogP contribution in [0.2, 0.25) is 0 Å². The lowest BCUT2D eigenvalue weighted by Gasteiger charge is -2.42. The summed E-state index contributed by atoms with van der Waals surface area (Å²) in [5.41, 5.74) is 5.55. The maximum atomic E-state index is 9.91. The molecule has 0 heterocycles. The Morgan fingerprint density at radius 3 is 2.00 bits per heavy atom. The van der Waals surface area contributed by atoms with E-state index in [1.807, 2.05) is 12.1 Å². The Labute approximate surface area is 151 Å². The van der Waals surface area contributed by atoms with Crippen molar-refractivity contribution >= 4 is 12.2 Å². The van der Waals surface area contributed by atoms with Gasteiger partial charge in [0.25, 0.3) is 0 Å². The molecule has 1 aliphatic carbocycles. The molecule has 0 saturated heterocycles. The van der Waals surface area contributed by atoms with Crippen LogP contribution in [0.25, 0.3) is 12.2 Å². The minimum absolute atomic E-state index is 0.165. The summed E-state index contributed by atoms with van der Waals surface area (Å²) in [5.74, 6) is 0.660. The molecule has 0 atom stereocenters. The van der Waals surface area contributed by atoms with Crippen LogP contribution in [0, 0.1) is 0 Å². The van der Waals surface area contributed by atoms with Gasteiger partial charge in [-0.05, 0) is 58.1 Å². The third-order valence-electron chi connectivity index (χ3n) is 5.55. The standard InChI is InChI=1S/C23H28O2/c1-22(2)12-13-23(3,4)19-14-16(8-10-18(19)22)6-7-17-9-11-21(25-5)20(24)15-17/h6-11,14-15,24H,12-13H2,1-5H3/b7-6+. The Morgan fingerprint density at radius 1 is 0.840 bits per heavy atom. The second-order valence-electron chi connectivity index (χ2n) is 8.34. The molecule has 0 unspecified atom stereocenters. The average Bonchev–Trinajstić information content (AvgIpc) is 2.57. The third-order valence-corrected chi connectivity index (χ3v) is 5.55. The molecule has 0 radical (unpaired) electrons. The molecule has 2 heteroatoms. The van der Waals surface area contributed by atoms with E-state index in [-0.39, 0.29) is 16.6 Å². The van der Waals surface area contributed by atoms with Crippen LogP contribution in [-0.4, -0.2) is 12.2 Å². The molecule has 3 rings (SSSR count). The van der Waals surface area contributed by atoms with Gasteiger partial charge in [-0.2, -0.15) is 0 Å². The van der Waals surface area contributed by atoms with Gasteiger partial charge < -0.3 is 9.84 Å². The summed E-state index contributed by atoms with van der Waals surface area (Å²) in [6.07, 6.45) is 6.58. The molecule has 0 aliphatic heterocycles. The predicted octanol–water partition coefficient (Wildman–Crippen LogP) is 5.92. The van der Waals surface area contributed by atoms with Crippen LogP contribution in [0.15, 0.2) is 36.4 Å². The molecule has 25 heavy (non-hydrogen) atoms. The first kappa shape index (κ1) is 17.6. The first-order valence-corrected chi connectivity index (χ1v) is 8.93. The van der Waals surface area contributed by atoms with E-state index in [2.05, 4.69) is 52.0 Å². The van der Waals surface area contributed by atoms with Gasteiger partial charge in [0.1, 0.15) is 0 Å². The van der Waals surface area contributed by atoms with Gasteiger partial charge in [0.15, 0.2) is 11.5 Å². The van der Waals surface area contributed by atoms with E-state index in [4.69, 9.17) is 4.74 Å². The van der Waals surface area contributed by atoms with E-state index in [0.717, 1.165) is 5.56 Å². The molecule has 2 aromatic rings. The zero-order valence-electron chi connectivity index (χ0n) is 15.9. The smallest absolute Gasteiger partial charge is 0.160 e. The Morgan fingerprint density at radius 2 is 1.40 bits per heavy atom. The van der Waals surface area contributed by atoms with E-state index >= 15 is 0 Å². The maximum absolute atomic E-state index is 9.91. The van der Waals surface area contributed by atoms with Gasteiger partial charge in [-0.1, -0.05) is 64.1 Å². The molecule has 0 bridgehead atoms. The zero-order valence-corrected chi connectivity index (χ0v) is 15.9. The molecule has 0 aromatic heterocycles. The highest BCUT2D eigenvalue weighted by atomic mass is 16.5. The minimum Gasteiger partial charge on any atom is -0.504 e. The third kappa shape index (κ3) is 3.44. The molecule has 2 nitrogen and oxygen atoms in total. The van der Waals surface area contributed by atoms with Gasteiger partial charge in [-0.25, -0.2) is 0 Å². The first-order valence-electron chi connectivity index (χ1n) is 8.93. The Bertz CT molecular complexity index is 813. The van der Waals surface area contributed by atoms with Crippen molar-refractivity contribution < 1.29 is 9.84 Å². The fraction of sp³-hybridized carbons (Fsp3) is 0.391. The predicted molar refractivity (Wildman–Crippen MR) is 105 cm³/mol. The minimum atomic E-state index is 0.165. The van der Waals surface area contributed by atoms with Crippen LogP contribution in [-0.2, 0) is 10.8 Å². The number of aromatic hydroxyl groups is 1. The van der Waals surface area contributed by atoms with Crippen LogP contribution in [0.1, 0.15) is 62.8 Å². The van der Waals surface area contributed by atoms with Crippen molar-refractivity contribution in [2.75, 3.05) is 7.11 Å². The second kappa shape index (κ2) is 6.25.